The summed E-state index contributed by atoms with van der Waals surface area (Å²) in [5.41, 5.74) is 1.39. The third-order valence-corrected chi connectivity index (χ3v) is 4.04. The lowest BCUT2D eigenvalue weighted by atomic mass is 10.0. The maximum Gasteiger partial charge on any atom is 0.303 e. The summed E-state index contributed by atoms with van der Waals surface area (Å²) >= 11 is 0. The predicted molar refractivity (Wildman–Crippen MR) is 76.3 cm³/mol. The lowest BCUT2D eigenvalue weighted by molar-refractivity contribution is -0.137. The Morgan fingerprint density at radius 1 is 1.42 bits per heavy atom. The zero-order valence-electron chi connectivity index (χ0n) is 11.6. The highest BCUT2D eigenvalue weighted by Gasteiger charge is 2.24. The zero-order valence-corrected chi connectivity index (χ0v) is 11.6. The molecule has 0 saturated carbocycles. The van der Waals surface area contributed by atoms with Crippen molar-refractivity contribution in [2.75, 3.05) is 19.6 Å². The monoisotopic (exact) mass is 261 g/mol. The van der Waals surface area contributed by atoms with Crippen molar-refractivity contribution in [3.8, 4) is 0 Å². The summed E-state index contributed by atoms with van der Waals surface area (Å²) in [5.74, 6) is 0.439. The normalized spacial score (nSPS) is 21.4. The number of carboxylic acid groups (broad SMARTS) is 1. The van der Waals surface area contributed by atoms with Crippen LogP contribution >= 0.6 is 0 Å². The van der Waals surface area contributed by atoms with E-state index in [1.165, 1.54) is 5.56 Å². The van der Waals surface area contributed by atoms with Crippen molar-refractivity contribution in [1.29, 1.82) is 0 Å². The summed E-state index contributed by atoms with van der Waals surface area (Å²) in [5, 5.41) is 8.72. The van der Waals surface area contributed by atoms with Crippen LogP contribution in [-0.4, -0.2) is 35.6 Å². The van der Waals surface area contributed by atoms with E-state index in [2.05, 4.69) is 36.1 Å². The topological polar surface area (TPSA) is 40.5 Å². The Morgan fingerprint density at radius 2 is 2.16 bits per heavy atom. The van der Waals surface area contributed by atoms with Crippen LogP contribution in [0.3, 0.4) is 0 Å². The van der Waals surface area contributed by atoms with Crippen LogP contribution < -0.4 is 0 Å². The molecule has 1 fully saturated rings. The fraction of sp³-hybridized carbons (Fsp3) is 0.562. The number of aliphatic carboxylic acids is 1. The van der Waals surface area contributed by atoms with Gasteiger partial charge in [0.2, 0.25) is 0 Å². The minimum absolute atomic E-state index is 0.312. The van der Waals surface area contributed by atoms with Crippen LogP contribution in [0.1, 0.15) is 37.7 Å². The van der Waals surface area contributed by atoms with Crippen molar-refractivity contribution in [2.24, 2.45) is 5.92 Å². The van der Waals surface area contributed by atoms with Gasteiger partial charge in [-0.15, -0.1) is 0 Å². The third-order valence-electron chi connectivity index (χ3n) is 4.04. The fourth-order valence-electron chi connectivity index (χ4n) is 2.92. The Balaban J connectivity index is 1.77. The van der Waals surface area contributed by atoms with Gasteiger partial charge in [-0.05, 0) is 36.8 Å². The smallest absolute Gasteiger partial charge is 0.303 e. The first-order chi connectivity index (χ1) is 9.15. The molecule has 1 aromatic carbocycles. The van der Waals surface area contributed by atoms with E-state index in [0.717, 1.165) is 32.5 Å². The summed E-state index contributed by atoms with van der Waals surface area (Å²) in [7, 11) is 0. The van der Waals surface area contributed by atoms with E-state index in [0.29, 0.717) is 18.3 Å². The molecule has 2 rings (SSSR count). The first kappa shape index (κ1) is 14.1. The molecule has 0 aromatic heterocycles. The maximum atomic E-state index is 10.6. The predicted octanol–water partition coefficient (Wildman–Crippen LogP) is 2.98. The van der Waals surface area contributed by atoms with Gasteiger partial charge in [0, 0.05) is 19.5 Å². The molecule has 3 nitrogen and oxygen atoms in total. The van der Waals surface area contributed by atoms with Crippen molar-refractivity contribution in [1.82, 2.24) is 4.90 Å². The van der Waals surface area contributed by atoms with Crippen LogP contribution in [0, 0.1) is 5.92 Å². The first-order valence-electron chi connectivity index (χ1n) is 7.14. The molecule has 0 aliphatic carbocycles. The molecular weight excluding hydrogens is 238 g/mol. The lowest BCUT2D eigenvalue weighted by Gasteiger charge is -2.21. The summed E-state index contributed by atoms with van der Waals surface area (Å²) in [4.78, 5) is 13.1. The molecule has 3 heteroatoms. The molecule has 0 spiro atoms. The van der Waals surface area contributed by atoms with Crippen molar-refractivity contribution < 1.29 is 9.90 Å². The molecule has 19 heavy (non-hydrogen) atoms. The van der Waals surface area contributed by atoms with Crippen LogP contribution in [0.4, 0.5) is 0 Å². The van der Waals surface area contributed by atoms with E-state index < -0.39 is 5.97 Å². The molecule has 2 atom stereocenters. The molecule has 1 saturated heterocycles. The Labute approximate surface area is 115 Å². The van der Waals surface area contributed by atoms with Crippen LogP contribution in [0.5, 0.6) is 0 Å². The molecule has 1 heterocycles. The molecule has 1 aromatic rings. The average Bonchev–Trinajstić information content (AvgIpc) is 2.85. The SMILES string of the molecule is CC(CN1CCC(CCC(=O)O)C1)c1ccccc1. The molecule has 0 bridgehead atoms. The maximum absolute atomic E-state index is 10.6. The third kappa shape index (κ3) is 4.35. The Kier molecular flexibility index (Phi) is 4.97. The van der Waals surface area contributed by atoms with Gasteiger partial charge < -0.3 is 10.0 Å². The fourth-order valence-corrected chi connectivity index (χ4v) is 2.92. The second kappa shape index (κ2) is 6.71. The Morgan fingerprint density at radius 3 is 2.84 bits per heavy atom. The number of nitrogens with zero attached hydrogens (tertiary/aromatic N) is 1. The van der Waals surface area contributed by atoms with Gasteiger partial charge in [0.1, 0.15) is 0 Å². The first-order valence-corrected chi connectivity index (χ1v) is 7.14. The van der Waals surface area contributed by atoms with E-state index in [1.807, 2.05) is 6.07 Å². The number of rotatable bonds is 6. The molecule has 1 N–H and O–H groups in total. The second-order valence-corrected chi connectivity index (χ2v) is 5.66. The summed E-state index contributed by atoms with van der Waals surface area (Å²) in [6.45, 7) is 5.51. The highest BCUT2D eigenvalue weighted by molar-refractivity contribution is 5.66. The van der Waals surface area contributed by atoms with Crippen LogP contribution in [0.15, 0.2) is 30.3 Å². The second-order valence-electron chi connectivity index (χ2n) is 5.66. The molecule has 0 radical (unpaired) electrons. The van der Waals surface area contributed by atoms with Gasteiger partial charge in [-0.1, -0.05) is 37.3 Å². The van der Waals surface area contributed by atoms with Gasteiger partial charge in [-0.25, -0.2) is 0 Å². The minimum Gasteiger partial charge on any atom is -0.481 e. The van der Waals surface area contributed by atoms with Crippen LogP contribution in [0.2, 0.25) is 0 Å². The zero-order chi connectivity index (χ0) is 13.7. The van der Waals surface area contributed by atoms with Crippen molar-refractivity contribution in [3.05, 3.63) is 35.9 Å². The van der Waals surface area contributed by atoms with Gasteiger partial charge in [-0.3, -0.25) is 4.79 Å². The standard InChI is InChI=1S/C16H23NO2/c1-13(15-5-3-2-4-6-15)11-17-10-9-14(12-17)7-8-16(18)19/h2-6,13-14H,7-12H2,1H3,(H,18,19). The molecule has 0 amide bonds. The number of benzene rings is 1. The van der Waals surface area contributed by atoms with Gasteiger partial charge in [0.15, 0.2) is 0 Å². The minimum atomic E-state index is -0.670. The number of carboxylic acids is 1. The van der Waals surface area contributed by atoms with E-state index in [-0.39, 0.29) is 0 Å². The van der Waals surface area contributed by atoms with Gasteiger partial charge >= 0.3 is 5.97 Å². The number of hydrogen-bond donors (Lipinski definition) is 1. The quantitative estimate of drug-likeness (QED) is 0.856. The number of carbonyl (C=O) groups is 1. The number of likely N-dealkylation sites (tertiary alicyclic amines) is 1. The van der Waals surface area contributed by atoms with Crippen molar-refractivity contribution in [3.63, 3.8) is 0 Å². The summed E-state index contributed by atoms with van der Waals surface area (Å²) in [6, 6.07) is 10.6. The molecule has 1 aliphatic heterocycles. The van der Waals surface area contributed by atoms with E-state index >= 15 is 0 Å². The molecule has 2 unspecified atom stereocenters. The highest BCUT2D eigenvalue weighted by Crippen LogP contribution is 2.24. The Hall–Kier alpha value is -1.35. The van der Waals surface area contributed by atoms with Crippen molar-refractivity contribution >= 4 is 5.97 Å². The average molecular weight is 261 g/mol. The van der Waals surface area contributed by atoms with E-state index in [9.17, 15) is 4.79 Å². The van der Waals surface area contributed by atoms with E-state index in [4.69, 9.17) is 5.11 Å². The van der Waals surface area contributed by atoms with Gasteiger partial charge in [0.25, 0.3) is 0 Å². The Bertz CT molecular complexity index is 404. The van der Waals surface area contributed by atoms with E-state index in [1.54, 1.807) is 0 Å². The summed E-state index contributed by atoms with van der Waals surface area (Å²) < 4.78 is 0. The van der Waals surface area contributed by atoms with Crippen LogP contribution in [0.25, 0.3) is 0 Å². The highest BCUT2D eigenvalue weighted by atomic mass is 16.4. The number of hydrogen-bond acceptors (Lipinski definition) is 2. The molecular formula is C16H23NO2. The van der Waals surface area contributed by atoms with Crippen molar-refractivity contribution in [2.45, 2.75) is 32.1 Å². The van der Waals surface area contributed by atoms with Gasteiger partial charge in [-0.2, -0.15) is 0 Å². The molecule has 104 valence electrons. The largest absolute Gasteiger partial charge is 0.481 e. The van der Waals surface area contributed by atoms with Gasteiger partial charge in [0.05, 0.1) is 0 Å². The lowest BCUT2D eigenvalue weighted by Crippen LogP contribution is -2.25. The summed E-state index contributed by atoms with van der Waals surface area (Å²) in [6.07, 6.45) is 2.28. The molecule has 1 aliphatic rings. The van der Waals surface area contributed by atoms with Crippen LogP contribution in [-0.2, 0) is 4.79 Å².